The first kappa shape index (κ1) is 9.57. The summed E-state index contributed by atoms with van der Waals surface area (Å²) >= 11 is 0. The fourth-order valence-corrected chi connectivity index (χ4v) is 0. The van der Waals surface area contributed by atoms with Crippen molar-refractivity contribution in [2.75, 3.05) is 0 Å². The van der Waals surface area contributed by atoms with E-state index in [0.717, 1.165) is 0 Å². The highest BCUT2D eigenvalue weighted by Crippen LogP contribution is 1.69. The Labute approximate surface area is 47.2 Å². The average Bonchev–Trinajstić information content (AvgIpc) is 1.36. The number of carboxylic acids is 1. The molecule has 3 nitrogen and oxygen atoms in total. The van der Waals surface area contributed by atoms with E-state index < -0.39 is 5.97 Å². The van der Waals surface area contributed by atoms with Crippen molar-refractivity contribution in [3.63, 3.8) is 0 Å². The van der Waals surface area contributed by atoms with Crippen molar-refractivity contribution in [2.24, 2.45) is 5.73 Å². The van der Waals surface area contributed by atoms with Crippen LogP contribution in [0, 0.1) is 0 Å². The Kier molecular flexibility index (Phi) is 4.77. The molecule has 7 heavy (non-hydrogen) atoms. The summed E-state index contributed by atoms with van der Waals surface area (Å²) in [4.78, 5) is 9.47. The van der Waals surface area contributed by atoms with Gasteiger partial charge in [0.25, 0.3) is 0 Å². The van der Waals surface area contributed by atoms with Crippen LogP contribution in [0.5, 0.6) is 0 Å². The van der Waals surface area contributed by atoms with Gasteiger partial charge < -0.3 is 10.8 Å². The molecule has 4 heteroatoms. The second-order valence-corrected chi connectivity index (χ2v) is 0.830. The molecule has 0 aliphatic rings. The summed E-state index contributed by atoms with van der Waals surface area (Å²) in [5.74, 6) is -1.16. The summed E-state index contributed by atoms with van der Waals surface area (Å²) in [5, 5.41) is 7.77. The van der Waals surface area contributed by atoms with Gasteiger partial charge in [-0.05, 0) is 0 Å². The molecule has 0 saturated carbocycles. The van der Waals surface area contributed by atoms with Crippen molar-refractivity contribution >= 4 is 18.4 Å². The van der Waals surface area contributed by atoms with E-state index in [0.29, 0.717) is 0 Å². The van der Waals surface area contributed by atoms with Crippen molar-refractivity contribution in [1.82, 2.24) is 0 Å². The van der Waals surface area contributed by atoms with Crippen LogP contribution < -0.4 is 5.73 Å². The van der Waals surface area contributed by atoms with Gasteiger partial charge in [-0.2, -0.15) is 0 Å². The standard InChI is InChI=1S/C3H5NO2.ClH/c1-2(4)3(5)6;/h1,4H2,(H,5,6);1H. The number of nitrogens with two attached hydrogens (primary N) is 1. The molecule has 0 atom stereocenters. The molecule has 0 saturated heterocycles. The molecule has 0 spiro atoms. The Hall–Kier alpha value is -0.700. The third-order valence-electron chi connectivity index (χ3n) is 0.275. The number of hydrogen-bond acceptors (Lipinski definition) is 2. The van der Waals surface area contributed by atoms with Gasteiger partial charge >= 0.3 is 5.97 Å². The van der Waals surface area contributed by atoms with E-state index in [9.17, 15) is 4.79 Å². The van der Waals surface area contributed by atoms with E-state index in [4.69, 9.17) is 5.11 Å². The van der Waals surface area contributed by atoms with Crippen LogP contribution in [0.4, 0.5) is 0 Å². The predicted molar refractivity (Wildman–Crippen MR) is 28.2 cm³/mol. The van der Waals surface area contributed by atoms with Crippen LogP contribution in [0.2, 0.25) is 0 Å². The van der Waals surface area contributed by atoms with Gasteiger partial charge in [-0.3, -0.25) is 0 Å². The van der Waals surface area contributed by atoms with Crippen molar-refractivity contribution < 1.29 is 9.90 Å². The summed E-state index contributed by atoms with van der Waals surface area (Å²) in [5.41, 5.74) is 4.32. The molecule has 42 valence electrons. The maximum absolute atomic E-state index is 9.47. The summed E-state index contributed by atoms with van der Waals surface area (Å²) < 4.78 is 0. The van der Waals surface area contributed by atoms with E-state index in [-0.39, 0.29) is 18.1 Å². The number of carbonyl (C=O) groups is 1. The molecule has 0 amide bonds. The summed E-state index contributed by atoms with van der Waals surface area (Å²) in [6.07, 6.45) is 0. The molecule has 0 rings (SSSR count). The van der Waals surface area contributed by atoms with Crippen LogP contribution in [0.3, 0.4) is 0 Å². The molecule has 0 aromatic heterocycles. The quantitative estimate of drug-likeness (QED) is 0.481. The lowest BCUT2D eigenvalue weighted by atomic mass is 10.5. The first-order valence-corrected chi connectivity index (χ1v) is 1.32. The van der Waals surface area contributed by atoms with Crippen molar-refractivity contribution in [3.8, 4) is 0 Å². The minimum atomic E-state index is -1.16. The lowest BCUT2D eigenvalue weighted by molar-refractivity contribution is -0.132. The summed E-state index contributed by atoms with van der Waals surface area (Å²) in [7, 11) is 0. The molecule has 3 N–H and O–H groups in total. The van der Waals surface area contributed by atoms with Gasteiger partial charge in [-0.1, -0.05) is 6.58 Å². The largest absolute Gasteiger partial charge is 0.477 e. The van der Waals surface area contributed by atoms with Crippen molar-refractivity contribution in [1.29, 1.82) is 0 Å². The monoisotopic (exact) mass is 123 g/mol. The van der Waals surface area contributed by atoms with Crippen molar-refractivity contribution in [3.05, 3.63) is 12.3 Å². The fraction of sp³-hybridized carbons (Fsp3) is 0. The zero-order chi connectivity index (χ0) is 5.15. The molecule has 0 fully saturated rings. The highest BCUT2D eigenvalue weighted by molar-refractivity contribution is 5.85. The normalized spacial score (nSPS) is 6.29. The number of aliphatic carboxylic acids is 1. The van der Waals surface area contributed by atoms with E-state index >= 15 is 0 Å². The van der Waals surface area contributed by atoms with Gasteiger partial charge in [-0.25, -0.2) is 4.79 Å². The predicted octanol–water partition coefficient (Wildman–Crippen LogP) is -0.0348. The van der Waals surface area contributed by atoms with Gasteiger partial charge in [0.05, 0.1) is 0 Å². The topological polar surface area (TPSA) is 63.3 Å². The average molecular weight is 124 g/mol. The molecule has 0 aromatic carbocycles. The minimum Gasteiger partial charge on any atom is -0.477 e. The Morgan fingerprint density at radius 2 is 1.86 bits per heavy atom. The number of hydrogen-bond donors (Lipinski definition) is 2. The molecular formula is C3H6ClNO2. The molecule has 0 radical (unpaired) electrons. The molecule has 0 aromatic rings. The zero-order valence-corrected chi connectivity index (χ0v) is 4.36. The van der Waals surface area contributed by atoms with Gasteiger partial charge in [0.1, 0.15) is 5.70 Å². The third-order valence-corrected chi connectivity index (χ3v) is 0.275. The maximum atomic E-state index is 9.47. The first-order chi connectivity index (χ1) is 2.64. The molecule has 0 aliphatic carbocycles. The number of carboxylic acid groups (broad SMARTS) is 1. The SMILES string of the molecule is C=C(N)C(=O)O.Cl. The second-order valence-electron chi connectivity index (χ2n) is 0.830. The summed E-state index contributed by atoms with van der Waals surface area (Å²) in [6, 6.07) is 0. The molecule has 0 unspecified atom stereocenters. The molecular weight excluding hydrogens is 117 g/mol. The lowest BCUT2D eigenvalue weighted by Gasteiger charge is -1.81. The van der Waals surface area contributed by atoms with E-state index in [1.165, 1.54) is 0 Å². The second kappa shape index (κ2) is 3.49. The van der Waals surface area contributed by atoms with Gasteiger partial charge in [0.15, 0.2) is 0 Å². The van der Waals surface area contributed by atoms with Crippen LogP contribution in [0.15, 0.2) is 12.3 Å². The third kappa shape index (κ3) is 5.30. The van der Waals surface area contributed by atoms with Gasteiger partial charge in [0.2, 0.25) is 0 Å². The van der Waals surface area contributed by atoms with Crippen LogP contribution in [0.25, 0.3) is 0 Å². The molecule has 0 aliphatic heterocycles. The van der Waals surface area contributed by atoms with Crippen LogP contribution in [0.1, 0.15) is 0 Å². The Morgan fingerprint density at radius 3 is 1.86 bits per heavy atom. The molecule has 0 heterocycles. The fourth-order valence-electron chi connectivity index (χ4n) is 0. The summed E-state index contributed by atoms with van der Waals surface area (Å²) in [6.45, 7) is 2.93. The zero-order valence-electron chi connectivity index (χ0n) is 3.55. The highest BCUT2D eigenvalue weighted by atomic mass is 35.5. The molecule has 0 bridgehead atoms. The smallest absolute Gasteiger partial charge is 0.351 e. The Bertz CT molecular complexity index is 78.9. The van der Waals surface area contributed by atoms with Crippen LogP contribution in [-0.2, 0) is 4.79 Å². The Morgan fingerprint density at radius 1 is 1.71 bits per heavy atom. The van der Waals surface area contributed by atoms with E-state index in [1.54, 1.807) is 0 Å². The first-order valence-electron chi connectivity index (χ1n) is 1.32. The van der Waals surface area contributed by atoms with E-state index in [2.05, 4.69) is 12.3 Å². The highest BCUT2D eigenvalue weighted by Gasteiger charge is 1.91. The Balaban J connectivity index is 0. The van der Waals surface area contributed by atoms with E-state index in [1.807, 2.05) is 0 Å². The maximum Gasteiger partial charge on any atom is 0.351 e. The van der Waals surface area contributed by atoms with Crippen molar-refractivity contribution in [2.45, 2.75) is 0 Å². The minimum absolute atomic E-state index is 0. The number of halogens is 1. The lowest BCUT2D eigenvalue weighted by Crippen LogP contribution is -2.06. The number of rotatable bonds is 1. The van der Waals surface area contributed by atoms with Gasteiger partial charge in [0, 0.05) is 0 Å². The van der Waals surface area contributed by atoms with Crippen LogP contribution in [-0.4, -0.2) is 11.1 Å². The van der Waals surface area contributed by atoms with Crippen LogP contribution >= 0.6 is 12.4 Å². The van der Waals surface area contributed by atoms with Gasteiger partial charge in [-0.15, -0.1) is 12.4 Å².